The van der Waals surface area contributed by atoms with Gasteiger partial charge in [-0.1, -0.05) is 32.9 Å². The Kier molecular flexibility index (Phi) is 7.25. The van der Waals surface area contributed by atoms with Gasteiger partial charge in [0, 0.05) is 23.4 Å². The molecule has 0 spiro atoms. The van der Waals surface area contributed by atoms with Gasteiger partial charge in [0.05, 0.1) is 47.9 Å². The molecule has 0 aliphatic rings. The summed E-state index contributed by atoms with van der Waals surface area (Å²) in [4.78, 5) is 4.84. The van der Waals surface area contributed by atoms with Gasteiger partial charge in [-0.25, -0.2) is 8.78 Å². The Hall–Kier alpha value is -3.99. The van der Waals surface area contributed by atoms with Crippen LogP contribution in [0.5, 0.6) is 0 Å². The van der Waals surface area contributed by atoms with E-state index in [9.17, 15) is 8.78 Å². The van der Waals surface area contributed by atoms with Crippen LogP contribution >= 0.6 is 0 Å². The average Bonchev–Trinajstić information content (AvgIpc) is 3.35. The van der Waals surface area contributed by atoms with Crippen molar-refractivity contribution in [3.8, 4) is 28.6 Å². The number of nitrogens with zero attached hydrogens (tertiary/aromatic N) is 6. The molecule has 0 aliphatic heterocycles. The molecule has 0 N–H and O–H groups in total. The number of nitriles is 1. The molecule has 35 heavy (non-hydrogen) atoms. The number of aromatic nitrogens is 5. The predicted octanol–water partition coefficient (Wildman–Crippen LogP) is 6.26. The molecule has 4 aromatic rings. The van der Waals surface area contributed by atoms with E-state index in [1.807, 2.05) is 31.3 Å². The first-order chi connectivity index (χ1) is 16.9. The van der Waals surface area contributed by atoms with Crippen LogP contribution in [0.15, 0.2) is 54.9 Å². The normalized spacial score (nSPS) is 12.8. The minimum atomic E-state index is -0.667. The fourth-order valence-electron chi connectivity index (χ4n) is 4.01. The van der Waals surface area contributed by atoms with Gasteiger partial charge in [-0.05, 0) is 48.2 Å². The van der Waals surface area contributed by atoms with E-state index >= 15 is 0 Å². The Morgan fingerprint density at radius 3 is 2.49 bits per heavy atom. The summed E-state index contributed by atoms with van der Waals surface area (Å²) < 4.78 is 30.5. The Morgan fingerprint density at radius 1 is 1.03 bits per heavy atom. The first-order valence-corrected chi connectivity index (χ1v) is 11.6. The van der Waals surface area contributed by atoms with Crippen molar-refractivity contribution in [2.24, 2.45) is 0 Å². The van der Waals surface area contributed by atoms with Crippen LogP contribution in [0, 0.1) is 23.0 Å². The third-order valence-corrected chi connectivity index (χ3v) is 6.22. The van der Waals surface area contributed by atoms with Crippen LogP contribution in [-0.4, -0.2) is 25.0 Å². The van der Waals surface area contributed by atoms with Gasteiger partial charge in [-0.15, -0.1) is 0 Å². The fraction of sp³-hybridized carbons (Fsp3) is 0.296. The van der Waals surface area contributed by atoms with Gasteiger partial charge in [0.1, 0.15) is 11.6 Å². The van der Waals surface area contributed by atoms with E-state index in [0.717, 1.165) is 34.6 Å². The van der Waals surface area contributed by atoms with Crippen molar-refractivity contribution in [1.82, 2.24) is 25.0 Å². The molecule has 1 aromatic carbocycles. The average molecular weight is 473 g/mol. The maximum Gasteiger partial charge on any atom is 0.135 e. The minimum absolute atomic E-state index is 0.109. The summed E-state index contributed by atoms with van der Waals surface area (Å²) >= 11 is 0. The quantitative estimate of drug-likeness (QED) is 0.302. The summed E-state index contributed by atoms with van der Waals surface area (Å²) in [6.07, 6.45) is 4.82. The molecule has 178 valence electrons. The topological polar surface area (TPSA) is 80.3 Å². The summed E-state index contributed by atoms with van der Waals surface area (Å²) in [6.45, 7) is 6.65. The zero-order valence-corrected chi connectivity index (χ0v) is 19.9. The van der Waals surface area contributed by atoms with Gasteiger partial charge in [0.15, 0.2) is 0 Å². The van der Waals surface area contributed by atoms with Crippen LogP contribution in [0.4, 0.5) is 8.78 Å². The molecule has 6 nitrogen and oxygen atoms in total. The number of halogens is 2. The molecular formula is C27H26F2N6. The highest BCUT2D eigenvalue weighted by Gasteiger charge is 2.23. The molecule has 2 atom stereocenters. The third-order valence-electron chi connectivity index (χ3n) is 6.22. The van der Waals surface area contributed by atoms with Crippen LogP contribution in [0.25, 0.3) is 22.5 Å². The molecule has 8 heteroatoms. The lowest BCUT2D eigenvalue weighted by atomic mass is 9.89. The number of aryl methyl sites for hydroxylation is 1. The summed E-state index contributed by atoms with van der Waals surface area (Å²) in [5.41, 5.74) is 4.06. The lowest BCUT2D eigenvalue weighted by molar-refractivity contribution is 0.587. The second kappa shape index (κ2) is 10.5. The lowest BCUT2D eigenvalue weighted by Crippen LogP contribution is -2.11. The molecule has 0 saturated heterocycles. The summed E-state index contributed by atoms with van der Waals surface area (Å²) in [7, 11) is 0. The molecule has 0 amide bonds. The Morgan fingerprint density at radius 2 is 1.77 bits per heavy atom. The summed E-state index contributed by atoms with van der Waals surface area (Å²) in [6, 6.07) is 13.4. The Bertz CT molecular complexity index is 1350. The molecule has 1 unspecified atom stereocenters. The van der Waals surface area contributed by atoms with Crippen molar-refractivity contribution in [2.45, 2.75) is 52.0 Å². The van der Waals surface area contributed by atoms with Crippen LogP contribution in [0.1, 0.15) is 62.4 Å². The highest BCUT2D eigenvalue weighted by molar-refractivity contribution is 5.62. The molecule has 0 aliphatic carbocycles. The zero-order valence-electron chi connectivity index (χ0n) is 19.9. The van der Waals surface area contributed by atoms with Crippen LogP contribution in [0.2, 0.25) is 0 Å². The van der Waals surface area contributed by atoms with E-state index in [1.165, 1.54) is 18.2 Å². The van der Waals surface area contributed by atoms with E-state index in [4.69, 9.17) is 10.2 Å². The second-order valence-electron chi connectivity index (χ2n) is 8.55. The minimum Gasteiger partial charge on any atom is -0.271 e. The molecule has 0 fully saturated rings. The highest BCUT2D eigenvalue weighted by Crippen LogP contribution is 2.34. The molecule has 0 saturated carbocycles. The number of rotatable bonds is 8. The first-order valence-electron chi connectivity index (χ1n) is 11.6. The van der Waals surface area contributed by atoms with Gasteiger partial charge in [0.25, 0.3) is 0 Å². The zero-order chi connectivity index (χ0) is 24.9. The summed E-state index contributed by atoms with van der Waals surface area (Å²) in [5, 5.41) is 21.8. The maximum atomic E-state index is 14.4. The van der Waals surface area contributed by atoms with Gasteiger partial charge in [-0.3, -0.25) is 9.67 Å². The standard InChI is InChI=1S/C27H26F2N6/c1-4-17(2)20-14-25(26-21(28)8-5-9-22(26)29)33-34-27(20)18(3)23-10-6-11-24(32-23)19-15-31-35(16-19)13-7-12-30/h5-6,8-11,14-18H,4,7,13H2,1-3H3/t17-,18?/m0/s1. The monoisotopic (exact) mass is 472 g/mol. The molecule has 0 radical (unpaired) electrons. The number of hydrogen-bond donors (Lipinski definition) is 0. The van der Waals surface area contributed by atoms with E-state index in [1.54, 1.807) is 16.9 Å². The van der Waals surface area contributed by atoms with Crippen molar-refractivity contribution < 1.29 is 8.78 Å². The molecule has 4 rings (SSSR count). The van der Waals surface area contributed by atoms with Gasteiger partial charge in [0.2, 0.25) is 0 Å². The van der Waals surface area contributed by atoms with Gasteiger partial charge in [-0.2, -0.15) is 20.6 Å². The molecular weight excluding hydrogens is 446 g/mol. The maximum absolute atomic E-state index is 14.4. The van der Waals surface area contributed by atoms with Crippen molar-refractivity contribution in [2.75, 3.05) is 0 Å². The van der Waals surface area contributed by atoms with Crippen molar-refractivity contribution >= 4 is 0 Å². The second-order valence-corrected chi connectivity index (χ2v) is 8.55. The Balaban J connectivity index is 1.71. The van der Waals surface area contributed by atoms with Crippen molar-refractivity contribution in [3.05, 3.63) is 83.4 Å². The van der Waals surface area contributed by atoms with Crippen LogP contribution in [-0.2, 0) is 6.54 Å². The number of hydrogen-bond acceptors (Lipinski definition) is 5. The lowest BCUT2D eigenvalue weighted by Gasteiger charge is -2.19. The highest BCUT2D eigenvalue weighted by atomic mass is 19.1. The molecule has 3 aromatic heterocycles. The number of pyridine rings is 1. The van der Waals surface area contributed by atoms with Crippen LogP contribution in [0.3, 0.4) is 0 Å². The van der Waals surface area contributed by atoms with Gasteiger partial charge >= 0.3 is 0 Å². The van der Waals surface area contributed by atoms with Crippen LogP contribution < -0.4 is 0 Å². The van der Waals surface area contributed by atoms with E-state index in [-0.39, 0.29) is 23.1 Å². The van der Waals surface area contributed by atoms with Gasteiger partial charge < -0.3 is 0 Å². The summed E-state index contributed by atoms with van der Waals surface area (Å²) in [5.74, 6) is -1.42. The molecule has 3 heterocycles. The third kappa shape index (κ3) is 5.09. The fourth-order valence-corrected chi connectivity index (χ4v) is 4.01. The van der Waals surface area contributed by atoms with Crippen molar-refractivity contribution in [1.29, 1.82) is 5.26 Å². The Labute approximate surface area is 203 Å². The van der Waals surface area contributed by atoms with Crippen molar-refractivity contribution in [3.63, 3.8) is 0 Å². The van der Waals surface area contributed by atoms with E-state index < -0.39 is 11.6 Å². The smallest absolute Gasteiger partial charge is 0.135 e. The van der Waals surface area contributed by atoms with E-state index in [2.05, 4.69) is 35.2 Å². The molecule has 0 bridgehead atoms. The largest absolute Gasteiger partial charge is 0.271 e. The first kappa shape index (κ1) is 24.1. The predicted molar refractivity (Wildman–Crippen MR) is 129 cm³/mol. The SMILES string of the molecule is CC[C@H](C)c1cc(-c2c(F)cccc2F)nnc1C(C)c1cccc(-c2cnn(CCC#N)c2)n1. The number of benzene rings is 1. The van der Waals surface area contributed by atoms with E-state index in [0.29, 0.717) is 13.0 Å².